The standard InChI is InChI=1S/C23H24BrNO7/c1-5-30-23(28)18-11(3)25-14-6-10(2)17(22(27)29-4)21(26)20(14)19(18)12-7-15-16(8-13(12)24)32-9-31-15/h7-8,10,17,19,25H,5-6,9H2,1-4H3/t10-,17-,19+/m0/s1. The Morgan fingerprint density at radius 3 is 2.59 bits per heavy atom. The molecule has 32 heavy (non-hydrogen) atoms. The molecule has 0 bridgehead atoms. The van der Waals surface area contributed by atoms with Crippen molar-refractivity contribution in [2.24, 2.45) is 11.8 Å². The van der Waals surface area contributed by atoms with Crippen LogP contribution in [-0.4, -0.2) is 38.2 Å². The summed E-state index contributed by atoms with van der Waals surface area (Å²) in [6.45, 7) is 5.63. The Morgan fingerprint density at radius 2 is 1.94 bits per heavy atom. The van der Waals surface area contributed by atoms with E-state index < -0.39 is 23.8 Å². The van der Waals surface area contributed by atoms with Crippen molar-refractivity contribution in [2.45, 2.75) is 33.1 Å². The highest BCUT2D eigenvalue weighted by Crippen LogP contribution is 2.49. The number of ketones is 1. The molecule has 3 aliphatic rings. The molecule has 1 N–H and O–H groups in total. The molecule has 2 aliphatic heterocycles. The van der Waals surface area contributed by atoms with Gasteiger partial charge in [0.1, 0.15) is 5.92 Å². The zero-order valence-corrected chi connectivity index (χ0v) is 19.8. The quantitative estimate of drug-likeness (QED) is 0.491. The molecule has 3 atom stereocenters. The summed E-state index contributed by atoms with van der Waals surface area (Å²) in [4.78, 5) is 39.2. The molecular weight excluding hydrogens is 482 g/mol. The van der Waals surface area contributed by atoms with Crippen molar-refractivity contribution in [2.75, 3.05) is 20.5 Å². The van der Waals surface area contributed by atoms with Crippen LogP contribution in [-0.2, 0) is 23.9 Å². The highest BCUT2D eigenvalue weighted by molar-refractivity contribution is 9.10. The number of halogens is 1. The number of dihydropyridines is 1. The molecule has 0 unspecified atom stereocenters. The largest absolute Gasteiger partial charge is 0.468 e. The van der Waals surface area contributed by atoms with Crippen LogP contribution in [0.4, 0.5) is 0 Å². The second-order valence-corrected chi connectivity index (χ2v) is 8.84. The van der Waals surface area contributed by atoms with Crippen LogP contribution < -0.4 is 14.8 Å². The molecular formula is C23H24BrNO7. The first kappa shape index (κ1) is 22.4. The van der Waals surface area contributed by atoms with Crippen molar-refractivity contribution < 1.29 is 33.3 Å². The van der Waals surface area contributed by atoms with Gasteiger partial charge in [0.05, 0.1) is 19.3 Å². The summed E-state index contributed by atoms with van der Waals surface area (Å²) in [5.41, 5.74) is 2.64. The van der Waals surface area contributed by atoms with E-state index in [-0.39, 0.29) is 25.1 Å². The lowest BCUT2D eigenvalue weighted by molar-refractivity contribution is -0.151. The van der Waals surface area contributed by atoms with Crippen molar-refractivity contribution in [3.63, 3.8) is 0 Å². The topological polar surface area (TPSA) is 100 Å². The lowest BCUT2D eigenvalue weighted by Gasteiger charge is -2.38. The number of hydrogen-bond acceptors (Lipinski definition) is 8. The summed E-state index contributed by atoms with van der Waals surface area (Å²) in [6.07, 6.45) is 0.465. The number of carbonyl (C=O) groups excluding carboxylic acids is 3. The molecule has 4 rings (SSSR count). The smallest absolute Gasteiger partial charge is 0.336 e. The van der Waals surface area contributed by atoms with Crippen LogP contribution >= 0.6 is 15.9 Å². The molecule has 0 radical (unpaired) electrons. The predicted molar refractivity (Wildman–Crippen MR) is 117 cm³/mol. The number of esters is 2. The first-order valence-electron chi connectivity index (χ1n) is 10.4. The van der Waals surface area contributed by atoms with E-state index in [4.69, 9.17) is 18.9 Å². The summed E-state index contributed by atoms with van der Waals surface area (Å²) in [5.74, 6) is -2.33. The van der Waals surface area contributed by atoms with Gasteiger partial charge in [0.2, 0.25) is 6.79 Å². The Bertz CT molecular complexity index is 1070. The van der Waals surface area contributed by atoms with E-state index in [9.17, 15) is 14.4 Å². The average Bonchev–Trinajstić information content (AvgIpc) is 3.19. The first-order valence-corrected chi connectivity index (χ1v) is 11.2. The number of ether oxygens (including phenoxy) is 4. The number of fused-ring (bicyclic) bond motifs is 1. The van der Waals surface area contributed by atoms with Gasteiger partial charge in [-0.05, 0) is 43.9 Å². The molecule has 1 aromatic rings. The van der Waals surface area contributed by atoms with Gasteiger partial charge in [-0.2, -0.15) is 0 Å². The molecule has 2 heterocycles. The van der Waals surface area contributed by atoms with E-state index in [2.05, 4.69) is 21.2 Å². The fourth-order valence-electron chi connectivity index (χ4n) is 4.63. The highest BCUT2D eigenvalue weighted by atomic mass is 79.9. The minimum Gasteiger partial charge on any atom is -0.468 e. The van der Waals surface area contributed by atoms with E-state index >= 15 is 0 Å². The molecule has 0 saturated carbocycles. The number of rotatable bonds is 4. The van der Waals surface area contributed by atoms with Gasteiger partial charge in [-0.1, -0.05) is 22.9 Å². The van der Waals surface area contributed by atoms with Crippen LogP contribution in [0.3, 0.4) is 0 Å². The molecule has 8 nitrogen and oxygen atoms in total. The van der Waals surface area contributed by atoms with E-state index in [1.807, 2.05) is 6.92 Å². The van der Waals surface area contributed by atoms with Crippen molar-refractivity contribution in [3.05, 3.63) is 44.7 Å². The normalized spacial score (nSPS) is 24.2. The third-order valence-electron chi connectivity index (χ3n) is 6.04. The zero-order valence-electron chi connectivity index (χ0n) is 18.2. The molecule has 1 aromatic carbocycles. The Balaban J connectivity index is 1.92. The third-order valence-corrected chi connectivity index (χ3v) is 6.73. The summed E-state index contributed by atoms with van der Waals surface area (Å²) < 4.78 is 21.9. The number of hydrogen-bond donors (Lipinski definition) is 1. The van der Waals surface area contributed by atoms with Gasteiger partial charge in [0, 0.05) is 27.4 Å². The highest BCUT2D eigenvalue weighted by Gasteiger charge is 2.47. The van der Waals surface area contributed by atoms with Gasteiger partial charge in [0.25, 0.3) is 0 Å². The molecule has 0 fully saturated rings. The number of benzene rings is 1. The van der Waals surface area contributed by atoms with Gasteiger partial charge >= 0.3 is 11.9 Å². The van der Waals surface area contributed by atoms with Crippen LogP contribution in [0, 0.1) is 11.8 Å². The molecule has 9 heteroatoms. The summed E-state index contributed by atoms with van der Waals surface area (Å²) in [5, 5.41) is 3.23. The molecule has 0 saturated heterocycles. The second kappa shape index (κ2) is 8.61. The van der Waals surface area contributed by atoms with Crippen molar-refractivity contribution in [3.8, 4) is 11.5 Å². The molecule has 0 spiro atoms. The summed E-state index contributed by atoms with van der Waals surface area (Å²) in [7, 11) is 1.27. The maximum Gasteiger partial charge on any atom is 0.336 e. The first-order chi connectivity index (χ1) is 15.3. The third kappa shape index (κ3) is 3.58. The van der Waals surface area contributed by atoms with E-state index in [1.54, 1.807) is 26.0 Å². The average molecular weight is 506 g/mol. The number of methoxy groups -OCH3 is 1. The fourth-order valence-corrected chi connectivity index (χ4v) is 5.18. The van der Waals surface area contributed by atoms with Crippen molar-refractivity contribution >= 4 is 33.7 Å². The number of allylic oxidation sites excluding steroid dienone is 3. The Hall–Kier alpha value is -2.81. The summed E-state index contributed by atoms with van der Waals surface area (Å²) in [6, 6.07) is 3.52. The van der Waals surface area contributed by atoms with Gasteiger partial charge in [-0.25, -0.2) is 4.79 Å². The fraction of sp³-hybridized carbons (Fsp3) is 0.435. The molecule has 0 amide bonds. The predicted octanol–water partition coefficient (Wildman–Crippen LogP) is 3.35. The Labute approximate surface area is 194 Å². The molecule has 0 aromatic heterocycles. The van der Waals surface area contributed by atoms with Crippen LogP contribution in [0.15, 0.2) is 39.1 Å². The maximum absolute atomic E-state index is 13.7. The van der Waals surface area contributed by atoms with Gasteiger partial charge < -0.3 is 24.3 Å². The van der Waals surface area contributed by atoms with Crippen molar-refractivity contribution in [1.29, 1.82) is 0 Å². The maximum atomic E-state index is 13.7. The SMILES string of the molecule is CCOC(=O)C1=C(C)NC2=C(C(=O)[C@@H](C(=O)OC)[C@@H](C)C2)[C@@H]1c1cc2c(cc1Br)OCO2. The van der Waals surface area contributed by atoms with Crippen LogP contribution in [0.5, 0.6) is 11.5 Å². The van der Waals surface area contributed by atoms with Gasteiger partial charge in [0.15, 0.2) is 17.3 Å². The van der Waals surface area contributed by atoms with E-state index in [1.165, 1.54) is 7.11 Å². The zero-order chi connectivity index (χ0) is 23.2. The molecule has 1 aliphatic carbocycles. The lowest BCUT2D eigenvalue weighted by atomic mass is 9.69. The Morgan fingerprint density at radius 1 is 1.25 bits per heavy atom. The van der Waals surface area contributed by atoms with Crippen molar-refractivity contribution in [1.82, 2.24) is 5.32 Å². The van der Waals surface area contributed by atoms with E-state index in [0.29, 0.717) is 50.5 Å². The number of carbonyl (C=O) groups is 3. The van der Waals surface area contributed by atoms with Crippen LogP contribution in [0.1, 0.15) is 38.7 Å². The minimum atomic E-state index is -0.947. The second-order valence-electron chi connectivity index (χ2n) is 7.98. The monoisotopic (exact) mass is 505 g/mol. The lowest BCUT2D eigenvalue weighted by Crippen LogP contribution is -2.43. The Kier molecular flexibility index (Phi) is 6.03. The number of Topliss-reactive ketones (excluding diaryl/α,β-unsaturated/α-hetero) is 1. The van der Waals surface area contributed by atoms with Crippen LogP contribution in [0.2, 0.25) is 0 Å². The van der Waals surface area contributed by atoms with E-state index in [0.717, 1.165) is 0 Å². The van der Waals surface area contributed by atoms with Crippen LogP contribution in [0.25, 0.3) is 0 Å². The molecule has 170 valence electrons. The van der Waals surface area contributed by atoms with Gasteiger partial charge in [-0.3, -0.25) is 9.59 Å². The van der Waals surface area contributed by atoms with Gasteiger partial charge in [-0.15, -0.1) is 0 Å². The summed E-state index contributed by atoms with van der Waals surface area (Å²) >= 11 is 3.57. The minimum absolute atomic E-state index is 0.0891. The number of nitrogens with one attached hydrogen (secondary N) is 1.